The molecule has 0 aliphatic carbocycles. The molecular formula is C24H28N2O3. The van der Waals surface area contributed by atoms with Crippen molar-refractivity contribution < 1.29 is 14.3 Å². The number of rotatable bonds is 5. The molecular weight excluding hydrogens is 364 g/mol. The summed E-state index contributed by atoms with van der Waals surface area (Å²) in [6.45, 7) is 6.82. The van der Waals surface area contributed by atoms with Crippen LogP contribution in [0.2, 0.25) is 0 Å². The van der Waals surface area contributed by atoms with Gasteiger partial charge in [0.15, 0.2) is 11.5 Å². The van der Waals surface area contributed by atoms with Crippen LogP contribution in [0.5, 0.6) is 11.5 Å². The highest BCUT2D eigenvalue weighted by molar-refractivity contribution is 5.92. The number of benzene rings is 2. The summed E-state index contributed by atoms with van der Waals surface area (Å²) in [6, 6.07) is 14.1. The Hall–Kier alpha value is -2.95. The second-order valence-corrected chi connectivity index (χ2v) is 7.94. The summed E-state index contributed by atoms with van der Waals surface area (Å²) in [4.78, 5) is 14.8. The van der Waals surface area contributed by atoms with Gasteiger partial charge in [-0.2, -0.15) is 0 Å². The number of hydrogen-bond donors (Lipinski definition) is 1. The lowest BCUT2D eigenvalue weighted by Gasteiger charge is -2.32. The van der Waals surface area contributed by atoms with Crippen molar-refractivity contribution in [3.63, 3.8) is 0 Å². The lowest BCUT2D eigenvalue weighted by atomic mass is 9.98. The van der Waals surface area contributed by atoms with Crippen LogP contribution in [0, 0.1) is 5.92 Å². The molecule has 1 saturated heterocycles. The van der Waals surface area contributed by atoms with Crippen LogP contribution >= 0.6 is 0 Å². The maximum absolute atomic E-state index is 12.3. The molecule has 2 heterocycles. The highest BCUT2D eigenvalue weighted by atomic mass is 16.7. The number of piperidine rings is 1. The largest absolute Gasteiger partial charge is 0.454 e. The van der Waals surface area contributed by atoms with Crippen LogP contribution in [0.3, 0.4) is 0 Å². The third-order valence-corrected chi connectivity index (χ3v) is 5.72. The average molecular weight is 392 g/mol. The van der Waals surface area contributed by atoms with Gasteiger partial charge >= 0.3 is 0 Å². The average Bonchev–Trinajstić information content (AvgIpc) is 3.21. The minimum Gasteiger partial charge on any atom is -0.454 e. The molecule has 4 rings (SSSR count). The fourth-order valence-electron chi connectivity index (χ4n) is 3.77. The number of anilines is 1. The zero-order valence-electron chi connectivity index (χ0n) is 17.1. The maximum atomic E-state index is 12.3. The maximum Gasteiger partial charge on any atom is 0.244 e. The summed E-state index contributed by atoms with van der Waals surface area (Å²) in [5.74, 6) is 2.16. The number of ether oxygens (including phenoxy) is 2. The normalized spacial score (nSPS) is 17.5. The summed E-state index contributed by atoms with van der Waals surface area (Å²) < 4.78 is 10.7. The fraction of sp³-hybridized carbons (Fsp3) is 0.375. The van der Waals surface area contributed by atoms with Crippen molar-refractivity contribution in [1.82, 2.24) is 5.32 Å². The Morgan fingerprint density at radius 3 is 2.59 bits per heavy atom. The van der Waals surface area contributed by atoms with E-state index < -0.39 is 0 Å². The lowest BCUT2D eigenvalue weighted by Crippen LogP contribution is -2.32. The zero-order valence-corrected chi connectivity index (χ0v) is 17.1. The molecule has 1 amide bonds. The van der Waals surface area contributed by atoms with Gasteiger partial charge in [-0.1, -0.05) is 25.1 Å². The highest BCUT2D eigenvalue weighted by Gasteiger charge is 2.16. The smallest absolute Gasteiger partial charge is 0.244 e. The third-order valence-electron chi connectivity index (χ3n) is 5.72. The lowest BCUT2D eigenvalue weighted by molar-refractivity contribution is -0.117. The molecule has 29 heavy (non-hydrogen) atoms. The summed E-state index contributed by atoms with van der Waals surface area (Å²) in [6.07, 6.45) is 5.84. The molecule has 0 saturated carbocycles. The van der Waals surface area contributed by atoms with Crippen LogP contribution in [-0.4, -0.2) is 25.8 Å². The predicted octanol–water partition coefficient (Wildman–Crippen LogP) is 4.54. The zero-order chi connectivity index (χ0) is 20.2. The summed E-state index contributed by atoms with van der Waals surface area (Å²) in [7, 11) is 0. The monoisotopic (exact) mass is 392 g/mol. The standard InChI is InChI=1S/C24H28N2O3/c1-17-11-13-26(14-12-17)21-7-5-20(6-8-21)18(2)25-24(27)10-4-19-3-9-22-23(15-19)29-16-28-22/h3-10,15,17-18H,11-14,16H2,1-2H3,(H,25,27)/b10-4+/t18-/m0/s1. The van der Waals surface area contributed by atoms with Gasteiger partial charge in [0.2, 0.25) is 12.7 Å². The molecule has 2 aromatic carbocycles. The number of carbonyl (C=O) groups excluding carboxylic acids is 1. The second-order valence-electron chi connectivity index (χ2n) is 7.94. The van der Waals surface area contributed by atoms with E-state index in [-0.39, 0.29) is 18.7 Å². The van der Waals surface area contributed by atoms with Gasteiger partial charge in [0.05, 0.1) is 6.04 Å². The molecule has 1 N–H and O–H groups in total. The highest BCUT2D eigenvalue weighted by Crippen LogP contribution is 2.32. The Morgan fingerprint density at radius 2 is 1.83 bits per heavy atom. The molecule has 0 aromatic heterocycles. The van der Waals surface area contributed by atoms with E-state index in [1.165, 1.54) is 18.5 Å². The van der Waals surface area contributed by atoms with Gasteiger partial charge in [-0.3, -0.25) is 4.79 Å². The molecule has 1 fully saturated rings. The van der Waals surface area contributed by atoms with Crippen molar-refractivity contribution in [1.29, 1.82) is 0 Å². The van der Waals surface area contributed by atoms with E-state index in [2.05, 4.69) is 41.4 Å². The Morgan fingerprint density at radius 1 is 1.10 bits per heavy atom. The van der Waals surface area contributed by atoms with Crippen LogP contribution < -0.4 is 19.7 Å². The first-order valence-corrected chi connectivity index (χ1v) is 10.3. The molecule has 0 unspecified atom stereocenters. The third kappa shape index (κ3) is 4.73. The van der Waals surface area contributed by atoms with Crippen LogP contribution in [0.1, 0.15) is 43.9 Å². The first kappa shape index (κ1) is 19.4. The van der Waals surface area contributed by atoms with E-state index in [0.717, 1.165) is 35.9 Å². The van der Waals surface area contributed by atoms with E-state index in [1.54, 1.807) is 12.2 Å². The predicted molar refractivity (Wildman–Crippen MR) is 115 cm³/mol. The first-order valence-electron chi connectivity index (χ1n) is 10.3. The van der Waals surface area contributed by atoms with Crippen LogP contribution in [0.15, 0.2) is 48.5 Å². The molecule has 2 aliphatic rings. The van der Waals surface area contributed by atoms with Gasteiger partial charge in [0.25, 0.3) is 0 Å². The Kier molecular flexibility index (Phi) is 5.74. The van der Waals surface area contributed by atoms with Gasteiger partial charge in [-0.05, 0) is 67.2 Å². The van der Waals surface area contributed by atoms with Crippen molar-refractivity contribution in [3.8, 4) is 11.5 Å². The molecule has 5 nitrogen and oxygen atoms in total. The van der Waals surface area contributed by atoms with Crippen molar-refractivity contribution in [2.24, 2.45) is 5.92 Å². The van der Waals surface area contributed by atoms with E-state index in [0.29, 0.717) is 5.75 Å². The number of nitrogens with one attached hydrogen (secondary N) is 1. The fourth-order valence-corrected chi connectivity index (χ4v) is 3.77. The summed E-state index contributed by atoms with van der Waals surface area (Å²) in [5, 5.41) is 3.03. The van der Waals surface area contributed by atoms with Crippen molar-refractivity contribution in [2.45, 2.75) is 32.7 Å². The van der Waals surface area contributed by atoms with Gasteiger partial charge in [0.1, 0.15) is 0 Å². The number of hydrogen-bond acceptors (Lipinski definition) is 4. The van der Waals surface area contributed by atoms with E-state index >= 15 is 0 Å². The summed E-state index contributed by atoms with van der Waals surface area (Å²) >= 11 is 0. The minimum absolute atomic E-state index is 0.0562. The van der Waals surface area contributed by atoms with Crippen LogP contribution in [0.25, 0.3) is 6.08 Å². The molecule has 152 valence electrons. The van der Waals surface area contributed by atoms with E-state index in [1.807, 2.05) is 25.1 Å². The molecule has 2 aliphatic heterocycles. The Labute approximate surface area is 172 Å². The Bertz CT molecular complexity index is 883. The molecule has 0 radical (unpaired) electrons. The minimum atomic E-state index is -0.121. The number of amides is 1. The van der Waals surface area contributed by atoms with E-state index in [4.69, 9.17) is 9.47 Å². The van der Waals surface area contributed by atoms with Gasteiger partial charge in [-0.15, -0.1) is 0 Å². The number of fused-ring (bicyclic) bond motifs is 1. The molecule has 1 atom stereocenters. The molecule has 0 bridgehead atoms. The first-order chi connectivity index (χ1) is 14.1. The van der Waals surface area contributed by atoms with Crippen molar-refractivity contribution >= 4 is 17.7 Å². The molecule has 0 spiro atoms. The topological polar surface area (TPSA) is 50.8 Å². The summed E-state index contributed by atoms with van der Waals surface area (Å²) in [5.41, 5.74) is 3.27. The quantitative estimate of drug-likeness (QED) is 0.759. The Balaban J connectivity index is 1.32. The van der Waals surface area contributed by atoms with Crippen molar-refractivity contribution in [3.05, 3.63) is 59.7 Å². The SMILES string of the molecule is CC1CCN(c2ccc([C@H](C)NC(=O)/C=C/c3ccc4c(c3)OCO4)cc2)CC1. The van der Waals surface area contributed by atoms with Crippen LogP contribution in [-0.2, 0) is 4.79 Å². The van der Waals surface area contributed by atoms with E-state index in [9.17, 15) is 4.79 Å². The molecule has 2 aromatic rings. The van der Waals surface area contributed by atoms with Gasteiger partial charge in [-0.25, -0.2) is 0 Å². The van der Waals surface area contributed by atoms with Crippen LogP contribution in [0.4, 0.5) is 5.69 Å². The van der Waals surface area contributed by atoms with Gasteiger partial charge < -0.3 is 19.7 Å². The number of carbonyl (C=O) groups is 1. The second kappa shape index (κ2) is 8.60. The number of nitrogens with zero attached hydrogens (tertiary/aromatic N) is 1. The molecule has 5 heteroatoms. The van der Waals surface area contributed by atoms with Crippen molar-refractivity contribution in [2.75, 3.05) is 24.8 Å². The van der Waals surface area contributed by atoms with Gasteiger partial charge in [0, 0.05) is 24.9 Å².